The monoisotopic (exact) mass is 186 g/mol. The fourth-order valence-corrected chi connectivity index (χ4v) is 1.78. The Labute approximate surface area is 84.5 Å². The van der Waals surface area contributed by atoms with Crippen molar-refractivity contribution < 1.29 is 4.79 Å². The molecule has 0 unspecified atom stereocenters. The van der Waals surface area contributed by atoms with Crippen molar-refractivity contribution in [2.45, 2.75) is 26.7 Å². The molecule has 0 amide bonds. The third-order valence-electron chi connectivity index (χ3n) is 2.84. The highest BCUT2D eigenvalue weighted by molar-refractivity contribution is 6.22. The lowest BCUT2D eigenvalue weighted by Gasteiger charge is -2.04. The first kappa shape index (κ1) is 9.20. The van der Waals surface area contributed by atoms with Crippen molar-refractivity contribution in [3.63, 3.8) is 0 Å². The zero-order chi connectivity index (χ0) is 10.1. The number of benzene rings is 1. The van der Waals surface area contributed by atoms with E-state index in [2.05, 4.69) is 26.0 Å². The van der Waals surface area contributed by atoms with Gasteiger partial charge in [-0.1, -0.05) is 24.3 Å². The second-order valence-corrected chi connectivity index (χ2v) is 3.88. The molecule has 1 nitrogen and oxygen atoms in total. The van der Waals surface area contributed by atoms with Crippen molar-refractivity contribution in [3.8, 4) is 0 Å². The summed E-state index contributed by atoms with van der Waals surface area (Å²) in [6, 6.07) is 6.22. The highest BCUT2D eigenvalue weighted by atomic mass is 16.1. The first-order chi connectivity index (χ1) is 6.68. The van der Waals surface area contributed by atoms with E-state index < -0.39 is 0 Å². The van der Waals surface area contributed by atoms with Gasteiger partial charge in [-0.25, -0.2) is 0 Å². The van der Waals surface area contributed by atoms with Crippen molar-refractivity contribution in [2.75, 3.05) is 0 Å². The number of rotatable bonds is 1. The van der Waals surface area contributed by atoms with Crippen LogP contribution in [-0.2, 0) is 4.79 Å². The van der Waals surface area contributed by atoms with Gasteiger partial charge in [0.25, 0.3) is 0 Å². The van der Waals surface area contributed by atoms with Crippen LogP contribution >= 0.6 is 0 Å². The summed E-state index contributed by atoms with van der Waals surface area (Å²) in [7, 11) is 0. The van der Waals surface area contributed by atoms with Crippen molar-refractivity contribution >= 4 is 11.4 Å². The molecule has 1 aromatic rings. The Morgan fingerprint density at radius 2 is 1.93 bits per heavy atom. The van der Waals surface area contributed by atoms with Crippen LogP contribution in [0.25, 0.3) is 5.57 Å². The predicted molar refractivity (Wildman–Crippen MR) is 58.1 cm³/mol. The van der Waals surface area contributed by atoms with Crippen LogP contribution in [0, 0.1) is 13.8 Å². The number of ketones is 1. The quantitative estimate of drug-likeness (QED) is 0.658. The Morgan fingerprint density at radius 3 is 2.50 bits per heavy atom. The van der Waals surface area contributed by atoms with Gasteiger partial charge in [-0.2, -0.15) is 0 Å². The third kappa shape index (κ3) is 1.50. The molecule has 72 valence electrons. The molecule has 0 radical (unpaired) electrons. The number of carbonyl (C=O) groups excluding carboxylic acids is 1. The molecule has 2 rings (SSSR count). The van der Waals surface area contributed by atoms with Gasteiger partial charge in [-0.15, -0.1) is 0 Å². The maximum absolute atomic E-state index is 11.5. The standard InChI is InChI=1S/C13H14O/c1-9-6-7-11(8-10(9)2)12-4-3-5-13(12)14/h4,6-8H,3,5H2,1-2H3. The fraction of sp³-hybridized carbons (Fsp3) is 0.308. The van der Waals surface area contributed by atoms with E-state index in [9.17, 15) is 4.79 Å². The van der Waals surface area contributed by atoms with E-state index in [0.29, 0.717) is 6.42 Å². The van der Waals surface area contributed by atoms with E-state index in [0.717, 1.165) is 17.6 Å². The average Bonchev–Trinajstić information content (AvgIpc) is 2.57. The minimum atomic E-state index is 0.285. The fourth-order valence-electron chi connectivity index (χ4n) is 1.78. The number of Topliss-reactive ketones (excluding diaryl/α,β-unsaturated/α-hetero) is 1. The Balaban J connectivity index is 2.42. The summed E-state index contributed by atoms with van der Waals surface area (Å²) in [5.41, 5.74) is 4.52. The van der Waals surface area contributed by atoms with Gasteiger partial charge in [0.1, 0.15) is 0 Å². The van der Waals surface area contributed by atoms with Crippen molar-refractivity contribution in [1.29, 1.82) is 0 Å². The molecule has 0 saturated carbocycles. The predicted octanol–water partition coefficient (Wildman–Crippen LogP) is 3.05. The molecule has 1 aliphatic rings. The van der Waals surface area contributed by atoms with E-state index in [1.165, 1.54) is 11.1 Å². The lowest BCUT2D eigenvalue weighted by atomic mass is 10.00. The van der Waals surface area contributed by atoms with Crippen LogP contribution in [0.1, 0.15) is 29.5 Å². The molecule has 0 fully saturated rings. The zero-order valence-electron chi connectivity index (χ0n) is 8.63. The van der Waals surface area contributed by atoms with Crippen LogP contribution in [0.3, 0.4) is 0 Å². The van der Waals surface area contributed by atoms with Gasteiger partial charge >= 0.3 is 0 Å². The normalized spacial score (nSPS) is 15.9. The minimum Gasteiger partial charge on any atom is -0.294 e. The van der Waals surface area contributed by atoms with Gasteiger partial charge < -0.3 is 0 Å². The molecule has 0 aliphatic heterocycles. The smallest absolute Gasteiger partial charge is 0.163 e. The highest BCUT2D eigenvalue weighted by Crippen LogP contribution is 2.25. The maximum Gasteiger partial charge on any atom is 0.163 e. The summed E-state index contributed by atoms with van der Waals surface area (Å²) in [6.07, 6.45) is 3.63. The summed E-state index contributed by atoms with van der Waals surface area (Å²) in [5.74, 6) is 0.285. The van der Waals surface area contributed by atoms with Gasteiger partial charge in [0.05, 0.1) is 0 Å². The molecular weight excluding hydrogens is 172 g/mol. The summed E-state index contributed by atoms with van der Waals surface area (Å²) in [5, 5.41) is 0. The Hall–Kier alpha value is -1.37. The largest absolute Gasteiger partial charge is 0.294 e. The summed E-state index contributed by atoms with van der Waals surface area (Å²) in [6.45, 7) is 4.17. The van der Waals surface area contributed by atoms with Gasteiger partial charge in [0, 0.05) is 12.0 Å². The molecule has 1 aromatic carbocycles. The number of aryl methyl sites for hydroxylation is 2. The summed E-state index contributed by atoms with van der Waals surface area (Å²) in [4.78, 5) is 11.5. The minimum absolute atomic E-state index is 0.285. The molecule has 0 bridgehead atoms. The van der Waals surface area contributed by atoms with E-state index in [-0.39, 0.29) is 5.78 Å². The molecule has 0 aromatic heterocycles. The number of hydrogen-bond acceptors (Lipinski definition) is 1. The maximum atomic E-state index is 11.5. The molecule has 14 heavy (non-hydrogen) atoms. The van der Waals surface area contributed by atoms with Crippen molar-refractivity contribution in [3.05, 3.63) is 41.0 Å². The number of hydrogen-bond donors (Lipinski definition) is 0. The van der Waals surface area contributed by atoms with Crippen LogP contribution in [0.5, 0.6) is 0 Å². The van der Waals surface area contributed by atoms with Gasteiger partial charge in [-0.3, -0.25) is 4.79 Å². The first-order valence-corrected chi connectivity index (χ1v) is 4.99. The first-order valence-electron chi connectivity index (χ1n) is 4.99. The second-order valence-electron chi connectivity index (χ2n) is 3.88. The SMILES string of the molecule is Cc1ccc(C2=CCCC2=O)cc1C. The molecule has 1 heteroatoms. The molecule has 0 heterocycles. The van der Waals surface area contributed by atoms with Crippen LogP contribution in [0.2, 0.25) is 0 Å². The van der Waals surface area contributed by atoms with Gasteiger partial charge in [0.2, 0.25) is 0 Å². The second kappa shape index (κ2) is 3.41. The molecule has 0 saturated heterocycles. The van der Waals surface area contributed by atoms with E-state index in [1.54, 1.807) is 0 Å². The molecular formula is C13H14O. The Bertz CT molecular complexity index is 413. The van der Waals surface area contributed by atoms with Crippen LogP contribution < -0.4 is 0 Å². The van der Waals surface area contributed by atoms with Gasteiger partial charge in [-0.05, 0) is 37.0 Å². The number of allylic oxidation sites excluding steroid dienone is 2. The van der Waals surface area contributed by atoms with Crippen molar-refractivity contribution in [2.24, 2.45) is 0 Å². The zero-order valence-corrected chi connectivity index (χ0v) is 8.63. The average molecular weight is 186 g/mol. The van der Waals surface area contributed by atoms with Crippen LogP contribution in [0.15, 0.2) is 24.3 Å². The summed E-state index contributed by atoms with van der Waals surface area (Å²) < 4.78 is 0. The third-order valence-corrected chi connectivity index (χ3v) is 2.84. The number of carbonyl (C=O) groups is 1. The van der Waals surface area contributed by atoms with Crippen molar-refractivity contribution in [1.82, 2.24) is 0 Å². The Kier molecular flexibility index (Phi) is 2.24. The van der Waals surface area contributed by atoms with E-state index in [4.69, 9.17) is 0 Å². The molecule has 1 aliphatic carbocycles. The highest BCUT2D eigenvalue weighted by Gasteiger charge is 2.16. The Morgan fingerprint density at radius 1 is 1.14 bits per heavy atom. The van der Waals surface area contributed by atoms with E-state index >= 15 is 0 Å². The van der Waals surface area contributed by atoms with Crippen LogP contribution in [-0.4, -0.2) is 5.78 Å². The van der Waals surface area contributed by atoms with E-state index in [1.807, 2.05) is 12.1 Å². The van der Waals surface area contributed by atoms with Gasteiger partial charge in [0.15, 0.2) is 5.78 Å². The lowest BCUT2D eigenvalue weighted by molar-refractivity contribution is -0.113. The van der Waals surface area contributed by atoms with Crippen LogP contribution in [0.4, 0.5) is 0 Å². The topological polar surface area (TPSA) is 17.1 Å². The lowest BCUT2D eigenvalue weighted by Crippen LogP contribution is -1.95. The molecule has 0 atom stereocenters. The summed E-state index contributed by atoms with van der Waals surface area (Å²) >= 11 is 0. The molecule has 0 N–H and O–H groups in total. The molecule has 0 spiro atoms.